The van der Waals surface area contributed by atoms with Gasteiger partial charge in [0.25, 0.3) is 5.91 Å². The molecule has 4 aromatic rings. The van der Waals surface area contributed by atoms with Crippen LogP contribution in [0.5, 0.6) is 0 Å². The Bertz CT molecular complexity index is 1080. The van der Waals surface area contributed by atoms with Crippen molar-refractivity contribution in [1.29, 1.82) is 0 Å². The number of carbonyl (C=O) groups excluding carboxylic acids is 2. The normalized spacial score (nSPS) is 10.4. The van der Waals surface area contributed by atoms with Gasteiger partial charge in [-0.25, -0.2) is 4.98 Å². The monoisotopic (exact) mass is 389 g/mol. The van der Waals surface area contributed by atoms with Crippen LogP contribution in [0.4, 0.5) is 5.13 Å². The first kappa shape index (κ1) is 17.7. The molecule has 1 N–H and O–H groups in total. The Hall–Kier alpha value is -3.71. The number of thiazole rings is 1. The van der Waals surface area contributed by atoms with E-state index in [-0.39, 0.29) is 5.76 Å². The zero-order chi connectivity index (χ0) is 19.3. The Morgan fingerprint density at radius 1 is 0.929 bits per heavy atom. The van der Waals surface area contributed by atoms with E-state index < -0.39 is 11.8 Å². The van der Waals surface area contributed by atoms with Crippen LogP contribution in [0.3, 0.4) is 0 Å². The minimum atomic E-state index is -0.536. The third kappa shape index (κ3) is 3.70. The van der Waals surface area contributed by atoms with Crippen molar-refractivity contribution in [2.75, 3.05) is 5.01 Å². The van der Waals surface area contributed by atoms with Crippen LogP contribution >= 0.6 is 11.3 Å². The Morgan fingerprint density at radius 3 is 2.32 bits per heavy atom. The Morgan fingerprint density at radius 2 is 1.64 bits per heavy atom. The molecule has 2 aromatic carbocycles. The van der Waals surface area contributed by atoms with Gasteiger partial charge in [-0.05, 0) is 24.3 Å². The lowest BCUT2D eigenvalue weighted by molar-refractivity contribution is 0.0870. The van der Waals surface area contributed by atoms with Crippen molar-refractivity contribution in [3.8, 4) is 11.3 Å². The Kier molecular flexibility index (Phi) is 4.99. The molecule has 0 aliphatic carbocycles. The number of aromatic nitrogens is 1. The predicted molar refractivity (Wildman–Crippen MR) is 107 cm³/mol. The zero-order valence-electron chi connectivity index (χ0n) is 14.6. The van der Waals surface area contributed by atoms with Gasteiger partial charge in [0.05, 0.1) is 12.0 Å². The van der Waals surface area contributed by atoms with Crippen LogP contribution < -0.4 is 10.4 Å². The molecule has 0 aliphatic heterocycles. The number of amides is 2. The quantitative estimate of drug-likeness (QED) is 0.525. The summed E-state index contributed by atoms with van der Waals surface area (Å²) in [4.78, 5) is 30.1. The third-order valence-corrected chi connectivity index (χ3v) is 4.76. The van der Waals surface area contributed by atoms with Crippen molar-refractivity contribution in [3.05, 3.63) is 95.8 Å². The minimum Gasteiger partial charge on any atom is -0.459 e. The van der Waals surface area contributed by atoms with E-state index in [4.69, 9.17) is 4.42 Å². The van der Waals surface area contributed by atoms with Crippen LogP contribution in [-0.4, -0.2) is 16.8 Å². The fourth-order valence-electron chi connectivity index (χ4n) is 2.57. The van der Waals surface area contributed by atoms with Gasteiger partial charge in [0, 0.05) is 16.5 Å². The summed E-state index contributed by atoms with van der Waals surface area (Å²) in [5.41, 5.74) is 4.67. The molecule has 0 fully saturated rings. The average Bonchev–Trinajstić information content (AvgIpc) is 3.45. The number of furan rings is 1. The largest absolute Gasteiger partial charge is 0.459 e. The molecular formula is C21H15N3O3S. The molecule has 2 heterocycles. The van der Waals surface area contributed by atoms with E-state index in [1.54, 1.807) is 30.3 Å². The van der Waals surface area contributed by atoms with E-state index in [1.807, 2.05) is 41.8 Å². The van der Waals surface area contributed by atoms with Crippen molar-refractivity contribution in [2.24, 2.45) is 0 Å². The fraction of sp³-hybridized carbons (Fsp3) is 0. The molecule has 4 rings (SSSR count). The lowest BCUT2D eigenvalue weighted by atomic mass is 10.2. The van der Waals surface area contributed by atoms with Crippen LogP contribution in [0.2, 0.25) is 0 Å². The molecule has 0 bridgehead atoms. The van der Waals surface area contributed by atoms with Crippen LogP contribution in [-0.2, 0) is 0 Å². The SMILES string of the molecule is O=C(NN(C(=O)c1ccccc1)c1nc(-c2ccccc2)cs1)c1ccco1. The Balaban J connectivity index is 1.68. The first-order valence-electron chi connectivity index (χ1n) is 8.47. The van der Waals surface area contributed by atoms with Crippen molar-refractivity contribution in [2.45, 2.75) is 0 Å². The number of hydrazine groups is 1. The molecule has 2 aromatic heterocycles. The molecule has 0 aliphatic rings. The molecule has 138 valence electrons. The highest BCUT2D eigenvalue weighted by atomic mass is 32.1. The maximum atomic E-state index is 13.0. The molecule has 0 radical (unpaired) electrons. The maximum absolute atomic E-state index is 13.0. The number of benzene rings is 2. The van der Waals surface area contributed by atoms with E-state index in [1.165, 1.54) is 23.7 Å². The summed E-state index contributed by atoms with van der Waals surface area (Å²) in [7, 11) is 0. The first-order valence-corrected chi connectivity index (χ1v) is 9.35. The lowest BCUT2D eigenvalue weighted by Crippen LogP contribution is -2.46. The maximum Gasteiger partial charge on any atom is 0.305 e. The van der Waals surface area contributed by atoms with Gasteiger partial charge in [-0.3, -0.25) is 15.0 Å². The van der Waals surface area contributed by atoms with Gasteiger partial charge in [-0.15, -0.1) is 11.3 Å². The topological polar surface area (TPSA) is 75.4 Å². The van der Waals surface area contributed by atoms with Gasteiger partial charge >= 0.3 is 5.91 Å². The summed E-state index contributed by atoms with van der Waals surface area (Å²) in [5, 5.41) is 3.35. The lowest BCUT2D eigenvalue weighted by Gasteiger charge is -2.20. The fourth-order valence-corrected chi connectivity index (χ4v) is 3.36. The summed E-state index contributed by atoms with van der Waals surface area (Å²) >= 11 is 1.26. The molecule has 0 saturated heterocycles. The number of nitrogens with zero attached hydrogens (tertiary/aromatic N) is 2. The van der Waals surface area contributed by atoms with Crippen LogP contribution in [0, 0.1) is 0 Å². The van der Waals surface area contributed by atoms with Gasteiger partial charge < -0.3 is 4.42 Å². The second-order valence-electron chi connectivity index (χ2n) is 5.81. The van der Waals surface area contributed by atoms with Crippen molar-refractivity contribution in [1.82, 2.24) is 10.4 Å². The summed E-state index contributed by atoms with van der Waals surface area (Å²) in [6.07, 6.45) is 1.40. The number of hydrogen-bond acceptors (Lipinski definition) is 5. The van der Waals surface area contributed by atoms with Gasteiger partial charge in [0.2, 0.25) is 5.13 Å². The second kappa shape index (κ2) is 7.89. The molecule has 0 spiro atoms. The highest BCUT2D eigenvalue weighted by molar-refractivity contribution is 7.14. The van der Waals surface area contributed by atoms with E-state index >= 15 is 0 Å². The zero-order valence-corrected chi connectivity index (χ0v) is 15.4. The van der Waals surface area contributed by atoms with Gasteiger partial charge in [-0.2, -0.15) is 5.01 Å². The van der Waals surface area contributed by atoms with Crippen molar-refractivity contribution >= 4 is 28.3 Å². The van der Waals surface area contributed by atoms with E-state index in [0.29, 0.717) is 10.7 Å². The molecule has 2 amide bonds. The van der Waals surface area contributed by atoms with E-state index in [9.17, 15) is 9.59 Å². The molecule has 7 heteroatoms. The highest BCUT2D eigenvalue weighted by Crippen LogP contribution is 2.27. The molecule has 0 unspecified atom stereocenters. The van der Waals surface area contributed by atoms with Crippen LogP contribution in [0.1, 0.15) is 20.9 Å². The standard InChI is InChI=1S/C21H15N3O3S/c25-19(18-12-7-13-27-18)23-24(20(26)16-10-5-2-6-11-16)21-22-17(14-28-21)15-8-3-1-4-9-15/h1-14H,(H,23,25). The minimum absolute atomic E-state index is 0.103. The second-order valence-corrected chi connectivity index (χ2v) is 6.64. The molecular weight excluding hydrogens is 374 g/mol. The molecule has 28 heavy (non-hydrogen) atoms. The number of hydrogen-bond donors (Lipinski definition) is 1. The molecule has 6 nitrogen and oxygen atoms in total. The summed E-state index contributed by atoms with van der Waals surface area (Å²) in [6.45, 7) is 0. The van der Waals surface area contributed by atoms with E-state index in [0.717, 1.165) is 16.3 Å². The van der Waals surface area contributed by atoms with Crippen molar-refractivity contribution in [3.63, 3.8) is 0 Å². The number of nitrogens with one attached hydrogen (secondary N) is 1. The third-order valence-electron chi connectivity index (χ3n) is 3.94. The van der Waals surface area contributed by atoms with Gasteiger partial charge in [0.15, 0.2) is 5.76 Å². The number of rotatable bonds is 4. The summed E-state index contributed by atoms with van der Waals surface area (Å²) in [5.74, 6) is -0.828. The average molecular weight is 389 g/mol. The first-order chi connectivity index (χ1) is 13.7. The summed E-state index contributed by atoms with van der Waals surface area (Å²) < 4.78 is 5.13. The highest BCUT2D eigenvalue weighted by Gasteiger charge is 2.24. The van der Waals surface area contributed by atoms with Gasteiger partial charge in [-0.1, -0.05) is 48.5 Å². The number of carbonyl (C=O) groups is 2. The van der Waals surface area contributed by atoms with Crippen molar-refractivity contribution < 1.29 is 14.0 Å². The van der Waals surface area contributed by atoms with E-state index in [2.05, 4.69) is 10.4 Å². The van der Waals surface area contributed by atoms with Gasteiger partial charge in [0.1, 0.15) is 0 Å². The molecule has 0 atom stereocenters. The Labute approximate surface area is 165 Å². The predicted octanol–water partition coefficient (Wildman–Crippen LogP) is 4.39. The summed E-state index contributed by atoms with van der Waals surface area (Å²) in [6, 6.07) is 21.5. The molecule has 0 saturated carbocycles. The number of anilines is 1. The smallest absolute Gasteiger partial charge is 0.305 e. The van der Waals surface area contributed by atoms with Crippen LogP contribution in [0.25, 0.3) is 11.3 Å². The van der Waals surface area contributed by atoms with Crippen LogP contribution in [0.15, 0.2) is 88.9 Å².